The van der Waals surface area contributed by atoms with Gasteiger partial charge in [0.25, 0.3) is 5.91 Å². The van der Waals surface area contributed by atoms with Gasteiger partial charge in [0.05, 0.1) is 0 Å². The Morgan fingerprint density at radius 3 is 2.47 bits per heavy atom. The lowest BCUT2D eigenvalue weighted by Crippen LogP contribution is -2.41. The smallest absolute Gasteiger partial charge is 0.269 e. The van der Waals surface area contributed by atoms with Crippen LogP contribution < -0.4 is 10.9 Å². The van der Waals surface area contributed by atoms with Crippen molar-refractivity contribution < 1.29 is 9.59 Å². The van der Waals surface area contributed by atoms with Crippen molar-refractivity contribution in [3.05, 3.63) is 48.0 Å². The van der Waals surface area contributed by atoms with Crippen LogP contribution in [-0.2, 0) is 4.79 Å². The Labute approximate surface area is 111 Å². The summed E-state index contributed by atoms with van der Waals surface area (Å²) in [6.07, 6.45) is 1.15. The molecule has 98 valence electrons. The third-order valence-corrected chi connectivity index (χ3v) is 2.80. The molecule has 2 aromatic rings. The molecule has 0 aromatic heterocycles. The first-order chi connectivity index (χ1) is 9.20. The van der Waals surface area contributed by atoms with Gasteiger partial charge in [-0.15, -0.1) is 0 Å². The molecule has 0 aliphatic heterocycles. The van der Waals surface area contributed by atoms with Crippen molar-refractivity contribution in [2.45, 2.75) is 19.8 Å². The van der Waals surface area contributed by atoms with Gasteiger partial charge >= 0.3 is 0 Å². The van der Waals surface area contributed by atoms with E-state index in [1.807, 2.05) is 37.3 Å². The minimum atomic E-state index is -0.310. The first kappa shape index (κ1) is 13.1. The van der Waals surface area contributed by atoms with E-state index in [0.29, 0.717) is 12.0 Å². The lowest BCUT2D eigenvalue weighted by atomic mass is 10.1. The molecule has 0 spiro atoms. The first-order valence-electron chi connectivity index (χ1n) is 6.28. The number of benzene rings is 2. The summed E-state index contributed by atoms with van der Waals surface area (Å²) in [5.74, 6) is -0.494. The number of amides is 2. The van der Waals surface area contributed by atoms with Gasteiger partial charge in [-0.05, 0) is 29.3 Å². The van der Waals surface area contributed by atoms with Gasteiger partial charge in [0.2, 0.25) is 5.91 Å². The van der Waals surface area contributed by atoms with Crippen molar-refractivity contribution >= 4 is 22.6 Å². The standard InChI is InChI=1S/C15H16N2O2/c1-2-5-14(18)16-17-15(19)13-9-8-11-6-3-4-7-12(11)10-13/h3-4,6-10H,2,5H2,1H3,(H,16,18)(H,17,19). The lowest BCUT2D eigenvalue weighted by Gasteiger charge is -2.07. The van der Waals surface area contributed by atoms with Crippen LogP contribution in [0.1, 0.15) is 30.1 Å². The van der Waals surface area contributed by atoms with Crippen LogP contribution in [0.2, 0.25) is 0 Å². The van der Waals surface area contributed by atoms with E-state index in [2.05, 4.69) is 10.9 Å². The molecule has 2 amide bonds. The number of carbonyl (C=O) groups excluding carboxylic acids is 2. The molecule has 0 atom stereocenters. The fourth-order valence-electron chi connectivity index (χ4n) is 1.82. The van der Waals surface area contributed by atoms with Gasteiger partial charge in [0.1, 0.15) is 0 Å². The molecule has 0 radical (unpaired) electrons. The predicted molar refractivity (Wildman–Crippen MR) is 74.5 cm³/mol. The molecule has 0 aliphatic rings. The Morgan fingerprint density at radius 2 is 1.74 bits per heavy atom. The number of rotatable bonds is 3. The van der Waals surface area contributed by atoms with Gasteiger partial charge < -0.3 is 0 Å². The third-order valence-electron chi connectivity index (χ3n) is 2.80. The molecule has 2 aromatic carbocycles. The van der Waals surface area contributed by atoms with Crippen molar-refractivity contribution in [3.8, 4) is 0 Å². The molecule has 2 rings (SSSR count). The summed E-state index contributed by atoms with van der Waals surface area (Å²) < 4.78 is 0. The van der Waals surface area contributed by atoms with E-state index >= 15 is 0 Å². The molecule has 0 fully saturated rings. The average Bonchev–Trinajstić information content (AvgIpc) is 2.44. The van der Waals surface area contributed by atoms with E-state index in [9.17, 15) is 9.59 Å². The maximum atomic E-state index is 11.9. The molecule has 4 nitrogen and oxygen atoms in total. The Bertz CT molecular complexity index is 608. The van der Waals surface area contributed by atoms with E-state index in [0.717, 1.165) is 17.2 Å². The van der Waals surface area contributed by atoms with E-state index < -0.39 is 0 Å². The second-order valence-corrected chi connectivity index (χ2v) is 4.31. The molecule has 0 saturated heterocycles. The summed E-state index contributed by atoms with van der Waals surface area (Å²) in [5, 5.41) is 2.07. The molecule has 4 heteroatoms. The van der Waals surface area contributed by atoms with E-state index in [1.165, 1.54) is 0 Å². The third kappa shape index (κ3) is 3.31. The first-order valence-corrected chi connectivity index (χ1v) is 6.28. The summed E-state index contributed by atoms with van der Waals surface area (Å²) >= 11 is 0. The van der Waals surface area contributed by atoms with Crippen molar-refractivity contribution in [3.63, 3.8) is 0 Å². The Kier molecular flexibility index (Phi) is 4.13. The quantitative estimate of drug-likeness (QED) is 0.828. The molecule has 0 unspecified atom stereocenters. The second-order valence-electron chi connectivity index (χ2n) is 4.31. The highest BCUT2D eigenvalue weighted by Crippen LogP contribution is 2.15. The zero-order valence-electron chi connectivity index (χ0n) is 10.8. The highest BCUT2D eigenvalue weighted by molar-refractivity contribution is 5.99. The normalized spacial score (nSPS) is 10.2. The van der Waals surface area contributed by atoms with E-state index in [-0.39, 0.29) is 11.8 Å². The summed E-state index contributed by atoms with van der Waals surface area (Å²) in [7, 11) is 0. The Morgan fingerprint density at radius 1 is 1.00 bits per heavy atom. The number of hydrogen-bond donors (Lipinski definition) is 2. The number of hydrogen-bond acceptors (Lipinski definition) is 2. The number of hydrazine groups is 1. The second kappa shape index (κ2) is 6.00. The van der Waals surface area contributed by atoms with Crippen LogP contribution in [0.4, 0.5) is 0 Å². The molecule has 0 aliphatic carbocycles. The number of carbonyl (C=O) groups is 2. The minimum Gasteiger partial charge on any atom is -0.273 e. The highest BCUT2D eigenvalue weighted by Gasteiger charge is 2.07. The van der Waals surface area contributed by atoms with Crippen LogP contribution in [0.15, 0.2) is 42.5 Å². The largest absolute Gasteiger partial charge is 0.273 e. The van der Waals surface area contributed by atoms with Crippen LogP contribution in [0.5, 0.6) is 0 Å². The van der Waals surface area contributed by atoms with E-state index in [1.54, 1.807) is 12.1 Å². The summed E-state index contributed by atoms with van der Waals surface area (Å²) in [6, 6.07) is 13.2. The summed E-state index contributed by atoms with van der Waals surface area (Å²) in [6.45, 7) is 1.91. The van der Waals surface area contributed by atoms with Gasteiger partial charge in [-0.2, -0.15) is 0 Å². The van der Waals surface area contributed by atoms with Gasteiger partial charge in [0.15, 0.2) is 0 Å². The molecular weight excluding hydrogens is 240 g/mol. The molecule has 19 heavy (non-hydrogen) atoms. The van der Waals surface area contributed by atoms with Crippen LogP contribution in [-0.4, -0.2) is 11.8 Å². The topological polar surface area (TPSA) is 58.2 Å². The molecule has 0 bridgehead atoms. The minimum absolute atomic E-state index is 0.184. The highest BCUT2D eigenvalue weighted by atomic mass is 16.2. The van der Waals surface area contributed by atoms with Crippen LogP contribution in [0.25, 0.3) is 10.8 Å². The zero-order chi connectivity index (χ0) is 13.7. The maximum absolute atomic E-state index is 11.9. The summed E-state index contributed by atoms with van der Waals surface area (Å²) in [4.78, 5) is 23.1. The Hall–Kier alpha value is -2.36. The molecule has 0 saturated carbocycles. The fraction of sp³-hybridized carbons (Fsp3) is 0.200. The molecular formula is C15H16N2O2. The van der Waals surface area contributed by atoms with Gasteiger partial charge in [-0.1, -0.05) is 37.3 Å². The number of nitrogens with one attached hydrogen (secondary N) is 2. The van der Waals surface area contributed by atoms with Crippen molar-refractivity contribution in [1.29, 1.82) is 0 Å². The van der Waals surface area contributed by atoms with Crippen LogP contribution >= 0.6 is 0 Å². The van der Waals surface area contributed by atoms with Crippen molar-refractivity contribution in [2.24, 2.45) is 0 Å². The zero-order valence-corrected chi connectivity index (χ0v) is 10.8. The SMILES string of the molecule is CCCC(=O)NNC(=O)c1ccc2ccccc2c1. The monoisotopic (exact) mass is 256 g/mol. The Balaban J connectivity index is 2.07. The maximum Gasteiger partial charge on any atom is 0.269 e. The number of fused-ring (bicyclic) bond motifs is 1. The fourth-order valence-corrected chi connectivity index (χ4v) is 1.82. The van der Waals surface area contributed by atoms with Gasteiger partial charge in [0, 0.05) is 12.0 Å². The van der Waals surface area contributed by atoms with Crippen molar-refractivity contribution in [1.82, 2.24) is 10.9 Å². The molecule has 0 heterocycles. The summed E-state index contributed by atoms with van der Waals surface area (Å²) in [5.41, 5.74) is 5.32. The van der Waals surface area contributed by atoms with Crippen molar-refractivity contribution in [2.75, 3.05) is 0 Å². The van der Waals surface area contributed by atoms with Gasteiger partial charge in [-0.25, -0.2) is 0 Å². The van der Waals surface area contributed by atoms with Gasteiger partial charge in [-0.3, -0.25) is 20.4 Å². The van der Waals surface area contributed by atoms with Crippen LogP contribution in [0.3, 0.4) is 0 Å². The molecule has 2 N–H and O–H groups in total. The van der Waals surface area contributed by atoms with Crippen LogP contribution in [0, 0.1) is 0 Å². The van der Waals surface area contributed by atoms with E-state index in [4.69, 9.17) is 0 Å². The lowest BCUT2D eigenvalue weighted by molar-refractivity contribution is -0.121. The average molecular weight is 256 g/mol. The predicted octanol–water partition coefficient (Wildman–Crippen LogP) is 2.40.